The SMILES string of the molecule is C/C=C(/C)C(=O)O[C@H]1C(C)=C[C@]23C(=O)[C@H]([C@H]4[C@@H](C[C@H]2C)C4(C)C)[C@H]2O[C@@]2(CO)[C@@H](O)[C@]13O. The molecule has 7 nitrogen and oxygen atoms in total. The molecule has 32 heavy (non-hydrogen) atoms. The molecule has 1 heterocycles. The lowest BCUT2D eigenvalue weighted by atomic mass is 9.59. The van der Waals surface area contributed by atoms with Gasteiger partial charge in [0.25, 0.3) is 0 Å². The number of aliphatic hydroxyl groups is 3. The van der Waals surface area contributed by atoms with Gasteiger partial charge in [-0.1, -0.05) is 32.9 Å². The Hall–Kier alpha value is -1.54. The number of ether oxygens (including phenoxy) is 2. The molecule has 2 bridgehead atoms. The lowest BCUT2D eigenvalue weighted by molar-refractivity contribution is -0.220. The number of carbonyl (C=O) groups excluding carboxylic acids is 2. The van der Waals surface area contributed by atoms with Gasteiger partial charge in [-0.3, -0.25) is 4.79 Å². The van der Waals surface area contributed by atoms with E-state index < -0.39 is 53.4 Å². The number of carbonyl (C=O) groups is 2. The molecule has 1 spiro atoms. The van der Waals surface area contributed by atoms with E-state index in [0.29, 0.717) is 17.6 Å². The predicted octanol–water partition coefficient (Wildman–Crippen LogP) is 1.54. The minimum Gasteiger partial charge on any atom is -0.451 e. The summed E-state index contributed by atoms with van der Waals surface area (Å²) in [6, 6.07) is 0. The number of Topliss-reactive ketones (excluding diaryl/α,β-unsaturated/α-hetero) is 1. The topological polar surface area (TPSA) is 117 Å². The van der Waals surface area contributed by atoms with Crippen molar-refractivity contribution in [3.63, 3.8) is 0 Å². The highest BCUT2D eigenvalue weighted by molar-refractivity contribution is 5.95. The number of rotatable bonds is 3. The zero-order valence-corrected chi connectivity index (χ0v) is 19.6. The second-order valence-corrected chi connectivity index (χ2v) is 11.4. The molecule has 4 fully saturated rings. The number of fused-ring (bicyclic) bond motifs is 5. The van der Waals surface area contributed by atoms with Gasteiger partial charge >= 0.3 is 5.97 Å². The van der Waals surface area contributed by atoms with Crippen LogP contribution in [0.2, 0.25) is 0 Å². The van der Waals surface area contributed by atoms with Crippen LogP contribution in [0.25, 0.3) is 0 Å². The number of aliphatic hydroxyl groups excluding tert-OH is 2. The molecule has 0 aromatic carbocycles. The number of allylic oxidation sites excluding steroid dienone is 1. The van der Waals surface area contributed by atoms with Crippen LogP contribution in [0.15, 0.2) is 23.3 Å². The molecule has 5 aliphatic rings. The first-order chi connectivity index (χ1) is 14.9. The van der Waals surface area contributed by atoms with Gasteiger partial charge in [0.15, 0.2) is 17.5 Å². The van der Waals surface area contributed by atoms with Crippen LogP contribution in [0.4, 0.5) is 0 Å². The molecule has 0 radical (unpaired) electrons. The van der Waals surface area contributed by atoms with Gasteiger partial charge in [-0.15, -0.1) is 0 Å². The molecule has 5 rings (SSSR count). The number of epoxide rings is 1. The van der Waals surface area contributed by atoms with Crippen LogP contribution < -0.4 is 0 Å². The van der Waals surface area contributed by atoms with E-state index in [1.54, 1.807) is 32.9 Å². The summed E-state index contributed by atoms with van der Waals surface area (Å²) in [5.74, 6) is -1.26. The summed E-state index contributed by atoms with van der Waals surface area (Å²) in [6.45, 7) is 10.8. The Morgan fingerprint density at radius 3 is 2.62 bits per heavy atom. The first kappa shape index (κ1) is 22.3. The van der Waals surface area contributed by atoms with Gasteiger partial charge in [0.1, 0.15) is 17.8 Å². The van der Waals surface area contributed by atoms with Crippen molar-refractivity contribution < 1.29 is 34.4 Å². The first-order valence-electron chi connectivity index (χ1n) is 11.6. The Bertz CT molecular complexity index is 965. The third kappa shape index (κ3) is 2.21. The molecule has 10 atom stereocenters. The minimum absolute atomic E-state index is 0.0526. The Morgan fingerprint density at radius 1 is 1.38 bits per heavy atom. The van der Waals surface area contributed by atoms with E-state index in [1.807, 2.05) is 6.92 Å². The monoisotopic (exact) mass is 446 g/mol. The third-order valence-electron chi connectivity index (χ3n) is 9.76. The molecular formula is C25H34O7. The van der Waals surface area contributed by atoms with E-state index in [0.717, 1.165) is 0 Å². The van der Waals surface area contributed by atoms with E-state index in [9.17, 15) is 24.9 Å². The van der Waals surface area contributed by atoms with Gasteiger partial charge in [0.2, 0.25) is 0 Å². The van der Waals surface area contributed by atoms with E-state index in [1.165, 1.54) is 0 Å². The zero-order valence-electron chi connectivity index (χ0n) is 19.6. The smallest absolute Gasteiger partial charge is 0.334 e. The van der Waals surface area contributed by atoms with E-state index in [-0.39, 0.29) is 29.0 Å². The van der Waals surface area contributed by atoms with Crippen LogP contribution >= 0.6 is 0 Å². The largest absolute Gasteiger partial charge is 0.451 e. The fraction of sp³-hybridized carbons (Fsp3) is 0.760. The summed E-state index contributed by atoms with van der Waals surface area (Å²) < 4.78 is 11.7. The molecule has 7 heteroatoms. The number of ketones is 1. The van der Waals surface area contributed by atoms with Crippen LogP contribution in [0.1, 0.15) is 48.0 Å². The molecule has 1 saturated heterocycles. The quantitative estimate of drug-likeness (QED) is 0.261. The maximum atomic E-state index is 14.4. The molecule has 4 aliphatic carbocycles. The average molecular weight is 447 g/mol. The van der Waals surface area contributed by atoms with Gasteiger partial charge in [0.05, 0.1) is 17.9 Å². The van der Waals surface area contributed by atoms with Crippen LogP contribution in [0.3, 0.4) is 0 Å². The van der Waals surface area contributed by atoms with Gasteiger partial charge in [-0.05, 0) is 55.9 Å². The third-order valence-corrected chi connectivity index (χ3v) is 9.76. The van der Waals surface area contributed by atoms with Crippen molar-refractivity contribution in [3.8, 4) is 0 Å². The second kappa shape index (κ2) is 6.32. The van der Waals surface area contributed by atoms with E-state index in [2.05, 4.69) is 13.8 Å². The summed E-state index contributed by atoms with van der Waals surface area (Å²) in [5, 5.41) is 34.3. The first-order valence-corrected chi connectivity index (χ1v) is 11.6. The van der Waals surface area contributed by atoms with Gasteiger partial charge < -0.3 is 24.8 Å². The summed E-state index contributed by atoms with van der Waals surface area (Å²) in [7, 11) is 0. The van der Waals surface area contributed by atoms with Crippen molar-refractivity contribution in [1.82, 2.24) is 0 Å². The molecule has 1 aliphatic heterocycles. The van der Waals surface area contributed by atoms with Crippen LogP contribution in [0, 0.1) is 34.5 Å². The highest BCUT2D eigenvalue weighted by Gasteiger charge is 2.86. The van der Waals surface area contributed by atoms with Crippen LogP contribution in [-0.4, -0.2) is 63.2 Å². The van der Waals surface area contributed by atoms with Crippen molar-refractivity contribution in [2.24, 2.45) is 34.5 Å². The minimum atomic E-state index is -2.13. The highest BCUT2D eigenvalue weighted by Crippen LogP contribution is 2.75. The Kier molecular flexibility index (Phi) is 4.39. The summed E-state index contributed by atoms with van der Waals surface area (Å²) in [4.78, 5) is 27.1. The van der Waals surface area contributed by atoms with Crippen molar-refractivity contribution in [3.05, 3.63) is 23.3 Å². The van der Waals surface area contributed by atoms with Gasteiger partial charge in [-0.2, -0.15) is 0 Å². The number of esters is 1. The van der Waals surface area contributed by atoms with Gasteiger partial charge in [0, 0.05) is 5.57 Å². The molecule has 3 saturated carbocycles. The molecule has 176 valence electrons. The van der Waals surface area contributed by atoms with E-state index in [4.69, 9.17) is 9.47 Å². The van der Waals surface area contributed by atoms with Crippen molar-refractivity contribution in [1.29, 1.82) is 0 Å². The van der Waals surface area contributed by atoms with Crippen molar-refractivity contribution in [2.75, 3.05) is 6.61 Å². The van der Waals surface area contributed by atoms with E-state index >= 15 is 0 Å². The van der Waals surface area contributed by atoms with Crippen molar-refractivity contribution >= 4 is 11.8 Å². The molecule has 0 amide bonds. The maximum absolute atomic E-state index is 14.4. The Labute approximate surface area is 188 Å². The maximum Gasteiger partial charge on any atom is 0.334 e. The molecule has 0 aromatic heterocycles. The van der Waals surface area contributed by atoms with Crippen molar-refractivity contribution in [2.45, 2.75) is 77.5 Å². The Balaban J connectivity index is 1.70. The highest BCUT2D eigenvalue weighted by atomic mass is 16.6. The fourth-order valence-corrected chi connectivity index (χ4v) is 7.70. The fourth-order valence-electron chi connectivity index (χ4n) is 7.70. The molecule has 3 N–H and O–H groups in total. The number of hydrogen-bond donors (Lipinski definition) is 3. The lowest BCUT2D eigenvalue weighted by Crippen LogP contribution is -2.68. The standard InChI is InChI=1S/C25H34O7/c1-7-11(2)20(28)31-18-12(3)9-23-13(4)8-14-16(22(14,5)6)15(17(23)27)19-24(10-26,32-19)21(29)25(18,23)30/h7,9,13-16,18-19,21,26,29-30H,8,10H2,1-6H3/b11-7-/t13-,14-,15+,16-,18+,19-,21-,23-,24-,25-/m1/s1. The number of hydrogen-bond acceptors (Lipinski definition) is 7. The molecule has 0 unspecified atom stereocenters. The lowest BCUT2D eigenvalue weighted by Gasteiger charge is -2.49. The summed E-state index contributed by atoms with van der Waals surface area (Å²) in [5.41, 5.74) is -4.16. The normalized spacial score (nSPS) is 52.7. The van der Waals surface area contributed by atoms with Gasteiger partial charge in [-0.25, -0.2) is 4.79 Å². The van der Waals surface area contributed by atoms with Crippen LogP contribution in [0.5, 0.6) is 0 Å². The Morgan fingerprint density at radius 2 is 2.03 bits per heavy atom. The second-order valence-electron chi connectivity index (χ2n) is 11.4. The molecule has 0 aromatic rings. The summed E-state index contributed by atoms with van der Waals surface area (Å²) >= 11 is 0. The molecular weight excluding hydrogens is 412 g/mol. The van der Waals surface area contributed by atoms with Crippen LogP contribution in [-0.2, 0) is 19.1 Å². The average Bonchev–Trinajstić information content (AvgIpc) is 3.59. The predicted molar refractivity (Wildman–Crippen MR) is 114 cm³/mol. The zero-order chi connectivity index (χ0) is 23.6. The summed E-state index contributed by atoms with van der Waals surface area (Å²) in [6.07, 6.45) is 0.583.